The van der Waals surface area contributed by atoms with Gasteiger partial charge in [-0.05, 0) is 32.9 Å². The van der Waals surface area contributed by atoms with Gasteiger partial charge in [-0.25, -0.2) is 0 Å². The fourth-order valence-corrected chi connectivity index (χ4v) is 1.85. The molecule has 3 heteroatoms. The van der Waals surface area contributed by atoms with Gasteiger partial charge in [-0.3, -0.25) is 0 Å². The van der Waals surface area contributed by atoms with Gasteiger partial charge in [-0.15, -0.1) is 0 Å². The van der Waals surface area contributed by atoms with Crippen LogP contribution in [0.5, 0.6) is 0 Å². The molecule has 0 saturated carbocycles. The van der Waals surface area contributed by atoms with Crippen molar-refractivity contribution in [3.63, 3.8) is 0 Å². The van der Waals surface area contributed by atoms with E-state index in [0.29, 0.717) is 12.6 Å². The molecule has 1 fully saturated rings. The molecule has 1 unspecified atom stereocenters. The molecule has 0 radical (unpaired) electrons. The predicted molar refractivity (Wildman–Crippen MR) is 49.9 cm³/mol. The fraction of sp³-hybridized carbons (Fsp3) is 1.00. The second-order valence-electron chi connectivity index (χ2n) is 3.76. The standard InChI is InChI=1S/C9H20N2O/c1-11-5-3-2-4-8(11)6-9(12)7-10/h8-9,12H,2-7,10H2,1H3/t8-,9?/m0/s1. The van der Waals surface area contributed by atoms with Crippen molar-refractivity contribution < 1.29 is 5.11 Å². The lowest BCUT2D eigenvalue weighted by Crippen LogP contribution is -2.39. The average molecular weight is 172 g/mol. The molecule has 0 aromatic carbocycles. The molecule has 0 aromatic rings. The van der Waals surface area contributed by atoms with Crippen LogP contribution in [0.25, 0.3) is 0 Å². The van der Waals surface area contributed by atoms with Crippen molar-refractivity contribution in [3.8, 4) is 0 Å². The van der Waals surface area contributed by atoms with Gasteiger partial charge in [-0.1, -0.05) is 6.42 Å². The number of aliphatic hydroxyl groups excluding tert-OH is 1. The van der Waals surface area contributed by atoms with Crippen LogP contribution in [-0.2, 0) is 0 Å². The third-order valence-electron chi connectivity index (χ3n) is 2.74. The molecule has 0 spiro atoms. The first-order chi connectivity index (χ1) is 5.74. The minimum atomic E-state index is -0.310. The lowest BCUT2D eigenvalue weighted by molar-refractivity contribution is 0.0990. The molecule has 0 amide bonds. The molecule has 3 N–H and O–H groups in total. The molecule has 1 aliphatic rings. The molecule has 1 aliphatic heterocycles. The summed E-state index contributed by atoms with van der Waals surface area (Å²) in [5.74, 6) is 0. The second kappa shape index (κ2) is 4.80. The smallest absolute Gasteiger partial charge is 0.0677 e. The normalized spacial score (nSPS) is 28.8. The van der Waals surface area contributed by atoms with E-state index in [4.69, 9.17) is 5.73 Å². The Bertz CT molecular complexity index is 130. The van der Waals surface area contributed by atoms with Crippen LogP contribution in [0.2, 0.25) is 0 Å². The molecular formula is C9H20N2O. The van der Waals surface area contributed by atoms with Crippen LogP contribution >= 0.6 is 0 Å². The van der Waals surface area contributed by atoms with Gasteiger partial charge in [0.2, 0.25) is 0 Å². The Morgan fingerprint density at radius 1 is 1.58 bits per heavy atom. The molecule has 3 nitrogen and oxygen atoms in total. The number of hydrogen-bond donors (Lipinski definition) is 2. The number of nitrogens with two attached hydrogens (primary N) is 1. The largest absolute Gasteiger partial charge is 0.392 e. The molecule has 1 saturated heterocycles. The van der Waals surface area contributed by atoms with Crippen molar-refractivity contribution in [2.24, 2.45) is 5.73 Å². The van der Waals surface area contributed by atoms with Crippen LogP contribution in [0.4, 0.5) is 0 Å². The zero-order valence-electron chi connectivity index (χ0n) is 7.87. The highest BCUT2D eigenvalue weighted by Crippen LogP contribution is 2.18. The van der Waals surface area contributed by atoms with E-state index in [1.807, 2.05) is 0 Å². The highest BCUT2D eigenvalue weighted by atomic mass is 16.3. The molecular weight excluding hydrogens is 152 g/mol. The van der Waals surface area contributed by atoms with Gasteiger partial charge in [0.25, 0.3) is 0 Å². The summed E-state index contributed by atoms with van der Waals surface area (Å²) in [7, 11) is 2.13. The van der Waals surface area contributed by atoms with E-state index in [1.54, 1.807) is 0 Å². The quantitative estimate of drug-likeness (QED) is 0.638. The molecule has 1 heterocycles. The summed E-state index contributed by atoms with van der Waals surface area (Å²) < 4.78 is 0. The third-order valence-corrected chi connectivity index (χ3v) is 2.74. The zero-order chi connectivity index (χ0) is 8.97. The summed E-state index contributed by atoms with van der Waals surface area (Å²) in [5.41, 5.74) is 5.37. The number of nitrogens with zero attached hydrogens (tertiary/aromatic N) is 1. The van der Waals surface area contributed by atoms with Crippen molar-refractivity contribution in [3.05, 3.63) is 0 Å². The van der Waals surface area contributed by atoms with E-state index >= 15 is 0 Å². The summed E-state index contributed by atoms with van der Waals surface area (Å²) in [4.78, 5) is 2.34. The lowest BCUT2D eigenvalue weighted by atomic mass is 9.97. The van der Waals surface area contributed by atoms with E-state index in [2.05, 4.69) is 11.9 Å². The first-order valence-electron chi connectivity index (χ1n) is 4.82. The van der Waals surface area contributed by atoms with Crippen LogP contribution < -0.4 is 5.73 Å². The van der Waals surface area contributed by atoms with Gasteiger partial charge < -0.3 is 15.7 Å². The van der Waals surface area contributed by atoms with Gasteiger partial charge >= 0.3 is 0 Å². The monoisotopic (exact) mass is 172 g/mol. The third kappa shape index (κ3) is 2.73. The Balaban J connectivity index is 2.28. The van der Waals surface area contributed by atoms with E-state index in [1.165, 1.54) is 25.8 Å². The van der Waals surface area contributed by atoms with Gasteiger partial charge in [0.05, 0.1) is 6.10 Å². The number of hydrogen-bond acceptors (Lipinski definition) is 3. The highest BCUT2D eigenvalue weighted by Gasteiger charge is 2.20. The van der Waals surface area contributed by atoms with E-state index < -0.39 is 0 Å². The number of piperidine rings is 1. The first-order valence-corrected chi connectivity index (χ1v) is 4.82. The maximum atomic E-state index is 9.38. The summed E-state index contributed by atoms with van der Waals surface area (Å²) >= 11 is 0. The summed E-state index contributed by atoms with van der Waals surface area (Å²) in [6, 6.07) is 0.553. The van der Waals surface area contributed by atoms with E-state index in [-0.39, 0.29) is 6.10 Å². The van der Waals surface area contributed by atoms with Crippen LogP contribution in [0.15, 0.2) is 0 Å². The van der Waals surface area contributed by atoms with E-state index in [9.17, 15) is 5.11 Å². The molecule has 0 bridgehead atoms. The lowest BCUT2D eigenvalue weighted by Gasteiger charge is -2.33. The number of rotatable bonds is 3. The summed E-state index contributed by atoms with van der Waals surface area (Å²) in [5, 5.41) is 9.38. The Hall–Kier alpha value is -0.120. The van der Waals surface area contributed by atoms with E-state index in [0.717, 1.165) is 6.42 Å². The molecule has 0 aromatic heterocycles. The van der Waals surface area contributed by atoms with Gasteiger partial charge in [0, 0.05) is 12.6 Å². The van der Waals surface area contributed by atoms with Crippen molar-refractivity contribution in [2.75, 3.05) is 20.1 Å². The molecule has 0 aliphatic carbocycles. The van der Waals surface area contributed by atoms with Crippen LogP contribution in [0, 0.1) is 0 Å². The highest BCUT2D eigenvalue weighted by molar-refractivity contribution is 4.77. The van der Waals surface area contributed by atoms with Crippen molar-refractivity contribution >= 4 is 0 Å². The molecule has 72 valence electrons. The fourth-order valence-electron chi connectivity index (χ4n) is 1.85. The average Bonchev–Trinajstić information content (AvgIpc) is 2.09. The topological polar surface area (TPSA) is 49.5 Å². The maximum Gasteiger partial charge on any atom is 0.0677 e. The Morgan fingerprint density at radius 3 is 2.92 bits per heavy atom. The predicted octanol–water partition coefficient (Wildman–Crippen LogP) is 0.180. The van der Waals surface area contributed by atoms with Gasteiger partial charge in [0.1, 0.15) is 0 Å². The van der Waals surface area contributed by atoms with Gasteiger partial charge in [0.15, 0.2) is 0 Å². The summed E-state index contributed by atoms with van der Waals surface area (Å²) in [6.07, 6.45) is 4.34. The van der Waals surface area contributed by atoms with Crippen LogP contribution in [-0.4, -0.2) is 42.3 Å². The molecule has 1 rings (SSSR count). The first kappa shape index (κ1) is 9.96. The number of likely N-dealkylation sites (tertiary alicyclic amines) is 1. The van der Waals surface area contributed by atoms with Gasteiger partial charge in [-0.2, -0.15) is 0 Å². The molecule has 12 heavy (non-hydrogen) atoms. The van der Waals surface area contributed by atoms with Crippen molar-refractivity contribution in [2.45, 2.75) is 37.8 Å². The Labute approximate surface area is 74.5 Å². The number of aliphatic hydroxyl groups is 1. The maximum absolute atomic E-state index is 9.38. The minimum absolute atomic E-state index is 0.310. The summed E-state index contributed by atoms with van der Waals surface area (Å²) in [6.45, 7) is 1.56. The second-order valence-corrected chi connectivity index (χ2v) is 3.76. The SMILES string of the molecule is CN1CCCC[C@H]1CC(O)CN. The van der Waals surface area contributed by atoms with Crippen molar-refractivity contribution in [1.29, 1.82) is 0 Å². The van der Waals surface area contributed by atoms with Crippen LogP contribution in [0.1, 0.15) is 25.7 Å². The Kier molecular flexibility index (Phi) is 3.98. The van der Waals surface area contributed by atoms with Crippen LogP contribution in [0.3, 0.4) is 0 Å². The Morgan fingerprint density at radius 2 is 2.33 bits per heavy atom. The molecule has 2 atom stereocenters. The van der Waals surface area contributed by atoms with Crippen molar-refractivity contribution in [1.82, 2.24) is 4.90 Å². The minimum Gasteiger partial charge on any atom is -0.392 e. The zero-order valence-corrected chi connectivity index (χ0v) is 7.87.